The van der Waals surface area contributed by atoms with Gasteiger partial charge in [-0.1, -0.05) is 12.1 Å². The van der Waals surface area contributed by atoms with Gasteiger partial charge in [0.2, 0.25) is 0 Å². The van der Waals surface area contributed by atoms with E-state index in [0.29, 0.717) is 6.04 Å². The zero-order valence-corrected chi connectivity index (χ0v) is 11.1. The van der Waals surface area contributed by atoms with Gasteiger partial charge in [0.15, 0.2) is 0 Å². The Labute approximate surface area is 108 Å². The van der Waals surface area contributed by atoms with Crippen LogP contribution in [0.25, 0.3) is 0 Å². The van der Waals surface area contributed by atoms with Crippen molar-refractivity contribution in [2.24, 2.45) is 5.73 Å². The molecule has 1 saturated carbocycles. The van der Waals surface area contributed by atoms with Crippen LogP contribution in [0.2, 0.25) is 0 Å². The highest BCUT2D eigenvalue weighted by molar-refractivity contribution is 7.99. The van der Waals surface area contributed by atoms with Gasteiger partial charge >= 0.3 is 0 Å². The third-order valence-electron chi connectivity index (χ3n) is 4.18. The van der Waals surface area contributed by atoms with Crippen LogP contribution >= 0.6 is 11.8 Å². The molecule has 1 fully saturated rings. The molecule has 0 saturated heterocycles. The van der Waals surface area contributed by atoms with Crippen molar-refractivity contribution < 1.29 is 0 Å². The molecule has 1 aromatic rings. The summed E-state index contributed by atoms with van der Waals surface area (Å²) in [4.78, 5) is 1.52. The molecule has 0 unspecified atom stereocenters. The fourth-order valence-electron chi connectivity index (χ4n) is 3.09. The summed E-state index contributed by atoms with van der Waals surface area (Å²) in [6, 6.07) is 7.64. The average molecular weight is 247 g/mol. The summed E-state index contributed by atoms with van der Waals surface area (Å²) >= 11 is 2.02. The minimum atomic E-state index is 0.458. The number of rotatable bonds is 1. The van der Waals surface area contributed by atoms with E-state index in [1.807, 2.05) is 11.8 Å². The summed E-state index contributed by atoms with van der Waals surface area (Å²) in [6.07, 6.45) is 7.60. The Balaban J connectivity index is 1.79. The first kappa shape index (κ1) is 11.6. The van der Waals surface area contributed by atoms with Crippen LogP contribution in [0.3, 0.4) is 0 Å². The topological polar surface area (TPSA) is 26.0 Å². The normalized spacial score (nSPS) is 28.8. The molecule has 1 aliphatic heterocycles. The number of benzene rings is 1. The maximum Gasteiger partial charge on any atom is 0.0104 e. The second-order valence-corrected chi connectivity index (χ2v) is 6.57. The Morgan fingerprint density at radius 1 is 1.12 bits per heavy atom. The highest BCUT2D eigenvalue weighted by atomic mass is 32.2. The van der Waals surface area contributed by atoms with E-state index in [2.05, 4.69) is 18.2 Å². The maximum atomic E-state index is 5.98. The van der Waals surface area contributed by atoms with Crippen LogP contribution in [0.4, 0.5) is 0 Å². The average Bonchev–Trinajstić information content (AvgIpc) is 2.39. The zero-order chi connectivity index (χ0) is 11.7. The first-order valence-electron chi connectivity index (χ1n) is 6.84. The summed E-state index contributed by atoms with van der Waals surface area (Å²) in [7, 11) is 0. The van der Waals surface area contributed by atoms with Gasteiger partial charge in [-0.05, 0) is 67.4 Å². The highest BCUT2D eigenvalue weighted by Gasteiger charge is 2.21. The van der Waals surface area contributed by atoms with Crippen LogP contribution in [-0.4, -0.2) is 11.8 Å². The van der Waals surface area contributed by atoms with Crippen molar-refractivity contribution >= 4 is 11.8 Å². The van der Waals surface area contributed by atoms with Gasteiger partial charge in [-0.25, -0.2) is 0 Å². The summed E-state index contributed by atoms with van der Waals surface area (Å²) in [6.45, 7) is 0. The van der Waals surface area contributed by atoms with E-state index in [9.17, 15) is 0 Å². The van der Waals surface area contributed by atoms with E-state index >= 15 is 0 Å². The van der Waals surface area contributed by atoms with Gasteiger partial charge < -0.3 is 5.73 Å². The molecule has 3 rings (SSSR count). The second kappa shape index (κ2) is 5.03. The Hall–Kier alpha value is -0.470. The summed E-state index contributed by atoms with van der Waals surface area (Å²) in [5.74, 6) is 2.07. The number of fused-ring (bicyclic) bond motifs is 1. The summed E-state index contributed by atoms with van der Waals surface area (Å²) < 4.78 is 0. The molecule has 92 valence electrons. The monoisotopic (exact) mass is 247 g/mol. The molecule has 0 atom stereocenters. The van der Waals surface area contributed by atoms with Crippen molar-refractivity contribution in [2.45, 2.75) is 55.4 Å². The molecule has 1 aromatic carbocycles. The lowest BCUT2D eigenvalue weighted by Crippen LogP contribution is -2.25. The van der Waals surface area contributed by atoms with Gasteiger partial charge in [0, 0.05) is 10.9 Å². The van der Waals surface area contributed by atoms with Crippen molar-refractivity contribution in [3.8, 4) is 0 Å². The predicted molar refractivity (Wildman–Crippen MR) is 74.7 cm³/mol. The number of hydrogen-bond acceptors (Lipinski definition) is 2. The Kier molecular flexibility index (Phi) is 3.44. The van der Waals surface area contributed by atoms with Gasteiger partial charge in [0.25, 0.3) is 0 Å². The van der Waals surface area contributed by atoms with E-state index in [1.54, 1.807) is 11.1 Å². The SMILES string of the molecule is NC1CCC(c2ccc3c(c2)CCCS3)CC1. The van der Waals surface area contributed by atoms with E-state index in [-0.39, 0.29) is 0 Å². The standard InChI is InChI=1S/C15H21NS/c16-14-6-3-11(4-7-14)12-5-8-15-13(10-12)2-1-9-17-15/h5,8,10-11,14H,1-4,6-7,9,16H2. The number of thioether (sulfide) groups is 1. The number of nitrogens with two attached hydrogens (primary N) is 1. The van der Waals surface area contributed by atoms with Crippen LogP contribution < -0.4 is 5.73 Å². The Morgan fingerprint density at radius 2 is 1.94 bits per heavy atom. The smallest absolute Gasteiger partial charge is 0.0104 e. The third kappa shape index (κ3) is 2.53. The molecule has 0 amide bonds. The molecule has 2 aliphatic rings. The largest absolute Gasteiger partial charge is 0.328 e. The van der Waals surface area contributed by atoms with E-state index in [1.165, 1.54) is 49.2 Å². The number of hydrogen-bond donors (Lipinski definition) is 1. The van der Waals surface area contributed by atoms with Gasteiger partial charge in [0.1, 0.15) is 0 Å². The Morgan fingerprint density at radius 3 is 2.76 bits per heavy atom. The maximum absolute atomic E-state index is 5.98. The first-order chi connectivity index (χ1) is 8.33. The molecule has 17 heavy (non-hydrogen) atoms. The predicted octanol–water partition coefficient (Wildman–Crippen LogP) is 3.71. The van der Waals surface area contributed by atoms with Crippen LogP contribution in [-0.2, 0) is 6.42 Å². The van der Waals surface area contributed by atoms with Gasteiger partial charge in [0.05, 0.1) is 0 Å². The lowest BCUT2D eigenvalue weighted by atomic mass is 9.81. The van der Waals surface area contributed by atoms with Gasteiger partial charge in [-0.3, -0.25) is 0 Å². The van der Waals surface area contributed by atoms with E-state index in [4.69, 9.17) is 5.73 Å². The van der Waals surface area contributed by atoms with Gasteiger partial charge in [-0.2, -0.15) is 0 Å². The number of aryl methyl sites for hydroxylation is 1. The molecule has 0 spiro atoms. The fraction of sp³-hybridized carbons (Fsp3) is 0.600. The van der Waals surface area contributed by atoms with E-state index < -0.39 is 0 Å². The molecular formula is C15H21NS. The minimum Gasteiger partial charge on any atom is -0.328 e. The molecule has 1 heterocycles. The molecule has 0 aromatic heterocycles. The summed E-state index contributed by atoms with van der Waals surface area (Å²) in [5.41, 5.74) is 9.14. The molecule has 2 heteroatoms. The van der Waals surface area contributed by atoms with Crippen molar-refractivity contribution in [1.82, 2.24) is 0 Å². The lowest BCUT2D eigenvalue weighted by molar-refractivity contribution is 0.395. The fourth-order valence-corrected chi connectivity index (χ4v) is 4.11. The molecular weight excluding hydrogens is 226 g/mol. The molecule has 0 radical (unpaired) electrons. The minimum absolute atomic E-state index is 0.458. The van der Waals surface area contributed by atoms with Crippen LogP contribution in [0.1, 0.15) is 49.1 Å². The molecule has 1 nitrogen and oxygen atoms in total. The Bertz CT molecular complexity index is 394. The van der Waals surface area contributed by atoms with Crippen LogP contribution in [0, 0.1) is 0 Å². The zero-order valence-electron chi connectivity index (χ0n) is 10.3. The molecule has 1 aliphatic carbocycles. The van der Waals surface area contributed by atoms with Crippen molar-refractivity contribution in [3.63, 3.8) is 0 Å². The lowest BCUT2D eigenvalue weighted by Gasteiger charge is -2.27. The van der Waals surface area contributed by atoms with Crippen LogP contribution in [0.15, 0.2) is 23.1 Å². The first-order valence-corrected chi connectivity index (χ1v) is 7.82. The van der Waals surface area contributed by atoms with Crippen molar-refractivity contribution in [3.05, 3.63) is 29.3 Å². The summed E-state index contributed by atoms with van der Waals surface area (Å²) in [5, 5.41) is 0. The van der Waals surface area contributed by atoms with Gasteiger partial charge in [-0.15, -0.1) is 11.8 Å². The quantitative estimate of drug-likeness (QED) is 0.818. The van der Waals surface area contributed by atoms with Crippen LogP contribution in [0.5, 0.6) is 0 Å². The van der Waals surface area contributed by atoms with E-state index in [0.717, 1.165) is 5.92 Å². The third-order valence-corrected chi connectivity index (χ3v) is 5.38. The molecule has 2 N–H and O–H groups in total. The highest BCUT2D eigenvalue weighted by Crippen LogP contribution is 2.36. The van der Waals surface area contributed by atoms with Crippen molar-refractivity contribution in [1.29, 1.82) is 0 Å². The second-order valence-electron chi connectivity index (χ2n) is 5.43. The van der Waals surface area contributed by atoms with Crippen molar-refractivity contribution in [2.75, 3.05) is 5.75 Å². The molecule has 0 bridgehead atoms.